The number of halogens is 1. The quantitative estimate of drug-likeness (QED) is 0.858. The smallest absolute Gasteiger partial charge is 0.222 e. The standard InChI is InChI=1S/C14H28N2O.ClH/c1-11(15)5-6-13(17)16(4)12-7-9-14(2,3)10-8-12;/h11-12H,5-10,15H2,1-4H3;1H. The lowest BCUT2D eigenvalue weighted by Crippen LogP contribution is -2.41. The van der Waals surface area contributed by atoms with E-state index in [-0.39, 0.29) is 24.4 Å². The summed E-state index contributed by atoms with van der Waals surface area (Å²) in [4.78, 5) is 13.9. The van der Waals surface area contributed by atoms with Crippen LogP contribution in [0.2, 0.25) is 0 Å². The maximum absolute atomic E-state index is 12.0. The SMILES string of the molecule is CC(N)CCC(=O)N(C)C1CCC(C)(C)CC1.Cl. The normalized spacial score (nSPS) is 20.9. The Morgan fingerprint density at radius 2 is 1.89 bits per heavy atom. The molecular weight excluding hydrogens is 248 g/mol. The topological polar surface area (TPSA) is 46.3 Å². The lowest BCUT2D eigenvalue weighted by atomic mass is 9.75. The maximum Gasteiger partial charge on any atom is 0.222 e. The van der Waals surface area contributed by atoms with Gasteiger partial charge in [-0.3, -0.25) is 4.79 Å². The van der Waals surface area contributed by atoms with E-state index in [4.69, 9.17) is 5.73 Å². The summed E-state index contributed by atoms with van der Waals surface area (Å²) in [6, 6.07) is 0.571. The third-order valence-electron chi connectivity index (χ3n) is 4.06. The number of nitrogens with two attached hydrogens (primary N) is 1. The second-order valence-electron chi connectivity index (χ2n) is 6.42. The van der Waals surface area contributed by atoms with Crippen LogP contribution in [0.25, 0.3) is 0 Å². The summed E-state index contributed by atoms with van der Waals surface area (Å²) < 4.78 is 0. The van der Waals surface area contributed by atoms with Crippen LogP contribution in [-0.2, 0) is 4.79 Å². The number of nitrogens with zero attached hydrogens (tertiary/aromatic N) is 1. The van der Waals surface area contributed by atoms with Gasteiger partial charge in [0.05, 0.1) is 0 Å². The summed E-state index contributed by atoms with van der Waals surface area (Å²) >= 11 is 0. The molecule has 0 saturated heterocycles. The fourth-order valence-electron chi connectivity index (χ4n) is 2.50. The van der Waals surface area contributed by atoms with E-state index in [0.717, 1.165) is 19.3 Å². The molecule has 1 fully saturated rings. The Morgan fingerprint density at radius 3 is 2.33 bits per heavy atom. The molecule has 2 N–H and O–H groups in total. The lowest BCUT2D eigenvalue weighted by molar-refractivity contribution is -0.133. The van der Waals surface area contributed by atoms with Crippen LogP contribution in [0, 0.1) is 5.41 Å². The van der Waals surface area contributed by atoms with Crippen molar-refractivity contribution in [2.45, 2.75) is 71.4 Å². The molecule has 0 spiro atoms. The van der Waals surface area contributed by atoms with Crippen molar-refractivity contribution >= 4 is 18.3 Å². The summed E-state index contributed by atoms with van der Waals surface area (Å²) in [6.45, 7) is 6.60. The molecule has 1 aliphatic carbocycles. The van der Waals surface area contributed by atoms with Gasteiger partial charge < -0.3 is 10.6 Å². The number of amides is 1. The predicted octanol–water partition coefficient (Wildman–Crippen LogP) is 2.96. The van der Waals surface area contributed by atoms with Gasteiger partial charge in [-0.2, -0.15) is 0 Å². The summed E-state index contributed by atoms with van der Waals surface area (Å²) in [5, 5.41) is 0. The van der Waals surface area contributed by atoms with Gasteiger partial charge in [0.15, 0.2) is 0 Å². The zero-order valence-corrected chi connectivity index (χ0v) is 13.1. The van der Waals surface area contributed by atoms with E-state index in [1.54, 1.807) is 0 Å². The van der Waals surface area contributed by atoms with Gasteiger partial charge in [0.2, 0.25) is 5.91 Å². The van der Waals surface area contributed by atoms with E-state index in [1.165, 1.54) is 12.8 Å². The third kappa shape index (κ3) is 5.57. The molecule has 3 nitrogen and oxygen atoms in total. The van der Waals surface area contributed by atoms with Gasteiger partial charge in [-0.1, -0.05) is 13.8 Å². The highest BCUT2D eigenvalue weighted by Gasteiger charge is 2.30. The minimum atomic E-state index is 0. The van der Waals surface area contributed by atoms with Crippen LogP contribution < -0.4 is 5.73 Å². The Hall–Kier alpha value is -0.280. The fraction of sp³-hybridized carbons (Fsp3) is 0.929. The predicted molar refractivity (Wildman–Crippen MR) is 78.9 cm³/mol. The van der Waals surface area contributed by atoms with Crippen molar-refractivity contribution in [2.75, 3.05) is 7.05 Å². The van der Waals surface area contributed by atoms with Crippen molar-refractivity contribution < 1.29 is 4.79 Å². The van der Waals surface area contributed by atoms with Gasteiger partial charge in [0, 0.05) is 25.6 Å². The van der Waals surface area contributed by atoms with Crippen molar-refractivity contribution in [3.05, 3.63) is 0 Å². The Balaban J connectivity index is 0.00000289. The highest BCUT2D eigenvalue weighted by Crippen LogP contribution is 2.36. The van der Waals surface area contributed by atoms with E-state index in [9.17, 15) is 4.79 Å². The van der Waals surface area contributed by atoms with Gasteiger partial charge in [-0.05, 0) is 44.4 Å². The molecule has 1 saturated carbocycles. The van der Waals surface area contributed by atoms with Crippen molar-refractivity contribution in [3.8, 4) is 0 Å². The van der Waals surface area contributed by atoms with Crippen molar-refractivity contribution in [1.82, 2.24) is 4.90 Å². The Labute approximate surface area is 118 Å². The molecule has 4 heteroatoms. The first-order valence-electron chi connectivity index (χ1n) is 6.83. The fourth-order valence-corrected chi connectivity index (χ4v) is 2.50. The van der Waals surface area contributed by atoms with Crippen LogP contribution in [0.3, 0.4) is 0 Å². The van der Waals surface area contributed by atoms with E-state index in [0.29, 0.717) is 17.9 Å². The largest absolute Gasteiger partial charge is 0.343 e. The van der Waals surface area contributed by atoms with Crippen molar-refractivity contribution in [1.29, 1.82) is 0 Å². The number of rotatable bonds is 4. The molecule has 0 bridgehead atoms. The molecular formula is C14H29ClN2O. The van der Waals surface area contributed by atoms with Gasteiger partial charge in [-0.25, -0.2) is 0 Å². The molecule has 108 valence electrons. The van der Waals surface area contributed by atoms with E-state index < -0.39 is 0 Å². The second kappa shape index (κ2) is 7.34. The summed E-state index contributed by atoms with van der Waals surface area (Å²) in [6.07, 6.45) is 6.13. The van der Waals surface area contributed by atoms with Gasteiger partial charge in [0.25, 0.3) is 0 Å². The monoisotopic (exact) mass is 276 g/mol. The van der Waals surface area contributed by atoms with Crippen LogP contribution in [0.4, 0.5) is 0 Å². The van der Waals surface area contributed by atoms with E-state index in [2.05, 4.69) is 13.8 Å². The average molecular weight is 277 g/mol. The molecule has 0 aromatic carbocycles. The Morgan fingerprint density at radius 1 is 1.39 bits per heavy atom. The summed E-state index contributed by atoms with van der Waals surface area (Å²) in [7, 11) is 1.95. The summed E-state index contributed by atoms with van der Waals surface area (Å²) in [5.41, 5.74) is 6.15. The van der Waals surface area contributed by atoms with Crippen LogP contribution in [0.15, 0.2) is 0 Å². The average Bonchev–Trinajstić information content (AvgIpc) is 2.25. The van der Waals surface area contributed by atoms with Gasteiger partial charge >= 0.3 is 0 Å². The molecule has 1 aliphatic rings. The van der Waals surface area contributed by atoms with Crippen molar-refractivity contribution in [2.24, 2.45) is 11.1 Å². The van der Waals surface area contributed by atoms with Crippen LogP contribution in [0.1, 0.15) is 59.3 Å². The molecule has 0 aliphatic heterocycles. The molecule has 1 atom stereocenters. The van der Waals surface area contributed by atoms with Crippen molar-refractivity contribution in [3.63, 3.8) is 0 Å². The van der Waals surface area contributed by atoms with Crippen LogP contribution >= 0.6 is 12.4 Å². The highest BCUT2D eigenvalue weighted by atomic mass is 35.5. The number of carbonyl (C=O) groups excluding carboxylic acids is 1. The zero-order chi connectivity index (χ0) is 13.1. The summed E-state index contributed by atoms with van der Waals surface area (Å²) in [5.74, 6) is 0.256. The lowest BCUT2D eigenvalue weighted by Gasteiger charge is -2.38. The third-order valence-corrected chi connectivity index (χ3v) is 4.06. The minimum Gasteiger partial charge on any atom is -0.343 e. The Bertz CT molecular complexity index is 257. The maximum atomic E-state index is 12.0. The minimum absolute atomic E-state index is 0. The first-order valence-corrected chi connectivity index (χ1v) is 6.83. The van der Waals surface area contributed by atoms with E-state index >= 15 is 0 Å². The van der Waals surface area contributed by atoms with Crippen LogP contribution in [-0.4, -0.2) is 29.9 Å². The molecule has 0 aromatic heterocycles. The van der Waals surface area contributed by atoms with Crippen LogP contribution in [0.5, 0.6) is 0 Å². The molecule has 1 amide bonds. The number of hydrogen-bond donors (Lipinski definition) is 1. The zero-order valence-electron chi connectivity index (χ0n) is 12.2. The molecule has 0 aromatic rings. The van der Waals surface area contributed by atoms with E-state index in [1.807, 2.05) is 18.9 Å². The molecule has 0 radical (unpaired) electrons. The number of carbonyl (C=O) groups is 1. The molecule has 18 heavy (non-hydrogen) atoms. The number of hydrogen-bond acceptors (Lipinski definition) is 2. The molecule has 0 heterocycles. The van der Waals surface area contributed by atoms with Gasteiger partial charge in [-0.15, -0.1) is 12.4 Å². The first-order chi connectivity index (χ1) is 7.82. The second-order valence-corrected chi connectivity index (χ2v) is 6.42. The Kier molecular flexibility index (Phi) is 7.23. The molecule has 1 rings (SSSR count). The first kappa shape index (κ1) is 17.7. The molecule has 1 unspecified atom stereocenters. The van der Waals surface area contributed by atoms with Gasteiger partial charge in [0.1, 0.15) is 0 Å². The highest BCUT2D eigenvalue weighted by molar-refractivity contribution is 5.85.